The second-order valence-electron chi connectivity index (χ2n) is 8.88. The average molecular weight is 300 g/mol. The van der Waals surface area contributed by atoms with Gasteiger partial charge in [-0.1, -0.05) is 51.5 Å². The summed E-state index contributed by atoms with van der Waals surface area (Å²) in [4.78, 5) is 0. The molecule has 2 fully saturated rings. The van der Waals surface area contributed by atoms with E-state index in [2.05, 4.69) is 45.0 Å². The summed E-state index contributed by atoms with van der Waals surface area (Å²) >= 11 is 0. The van der Waals surface area contributed by atoms with Crippen molar-refractivity contribution in [3.8, 4) is 0 Å². The van der Waals surface area contributed by atoms with Crippen molar-refractivity contribution in [1.82, 2.24) is 0 Å². The van der Waals surface area contributed by atoms with Gasteiger partial charge in [0.25, 0.3) is 0 Å². The van der Waals surface area contributed by atoms with Gasteiger partial charge in [0.15, 0.2) is 0 Å². The molecule has 0 atom stereocenters. The van der Waals surface area contributed by atoms with Crippen LogP contribution in [-0.2, 0) is 5.41 Å². The minimum atomic E-state index is 0.304. The lowest BCUT2D eigenvalue weighted by Crippen LogP contribution is -2.41. The second-order valence-corrected chi connectivity index (χ2v) is 8.88. The predicted molar refractivity (Wildman–Crippen MR) is 95.2 cm³/mol. The van der Waals surface area contributed by atoms with Gasteiger partial charge in [-0.3, -0.25) is 0 Å². The van der Waals surface area contributed by atoms with E-state index in [1.807, 2.05) is 0 Å². The Hall–Kier alpha value is -0.820. The molecule has 3 rings (SSSR count). The Morgan fingerprint density at radius 1 is 1.09 bits per heavy atom. The first kappa shape index (κ1) is 16.1. The molecule has 1 aromatic rings. The number of hydrogen-bond donors (Lipinski definition) is 1. The van der Waals surface area contributed by atoms with Crippen molar-refractivity contribution in [3.63, 3.8) is 0 Å². The van der Waals surface area contributed by atoms with Crippen LogP contribution in [0.1, 0.15) is 82.8 Å². The highest BCUT2D eigenvalue weighted by molar-refractivity contribution is 5.34. The Balaban J connectivity index is 1.71. The molecule has 0 spiro atoms. The minimum absolute atomic E-state index is 0.304. The third-order valence-electron chi connectivity index (χ3n) is 6.62. The quantitative estimate of drug-likeness (QED) is 0.796. The summed E-state index contributed by atoms with van der Waals surface area (Å²) in [5.74, 6) is 1.67. The molecule has 0 saturated heterocycles. The van der Waals surface area contributed by atoms with Gasteiger partial charge < -0.3 is 5.73 Å². The number of rotatable bonds is 3. The zero-order chi connectivity index (χ0) is 15.8. The molecule has 2 saturated carbocycles. The van der Waals surface area contributed by atoms with E-state index >= 15 is 0 Å². The predicted octanol–water partition coefficient (Wildman–Crippen LogP) is 5.39. The summed E-state index contributed by atoms with van der Waals surface area (Å²) < 4.78 is 0. The van der Waals surface area contributed by atoms with E-state index in [1.165, 1.54) is 50.5 Å². The Morgan fingerprint density at radius 3 is 2.27 bits per heavy atom. The lowest BCUT2D eigenvalue weighted by atomic mass is 9.63. The van der Waals surface area contributed by atoms with Crippen LogP contribution in [0.5, 0.6) is 0 Å². The summed E-state index contributed by atoms with van der Waals surface area (Å²) in [5, 5.41) is 0. The molecule has 0 amide bonds. The lowest BCUT2D eigenvalue weighted by Gasteiger charge is -2.42. The molecule has 0 aliphatic heterocycles. The zero-order valence-electron chi connectivity index (χ0n) is 14.7. The molecule has 22 heavy (non-hydrogen) atoms. The van der Waals surface area contributed by atoms with E-state index in [9.17, 15) is 0 Å². The summed E-state index contributed by atoms with van der Waals surface area (Å²) in [6.07, 6.45) is 9.41. The summed E-state index contributed by atoms with van der Waals surface area (Å²) in [6.45, 7) is 8.02. The Labute approximate surface area is 136 Å². The van der Waals surface area contributed by atoms with Crippen LogP contribution < -0.4 is 5.73 Å². The molecule has 2 aliphatic carbocycles. The average Bonchev–Trinajstić information content (AvgIpc) is 2.46. The highest BCUT2D eigenvalue weighted by atomic mass is 14.6. The molecule has 1 aromatic carbocycles. The van der Waals surface area contributed by atoms with Crippen LogP contribution in [0.2, 0.25) is 0 Å². The summed E-state index contributed by atoms with van der Waals surface area (Å²) in [6, 6.07) is 9.44. The van der Waals surface area contributed by atoms with Gasteiger partial charge in [0.2, 0.25) is 0 Å². The summed E-state index contributed by atoms with van der Waals surface area (Å²) in [7, 11) is 0. The lowest BCUT2D eigenvalue weighted by molar-refractivity contribution is 0.169. The van der Waals surface area contributed by atoms with Crippen molar-refractivity contribution in [1.29, 1.82) is 0 Å². The second kappa shape index (κ2) is 6.00. The fourth-order valence-electron chi connectivity index (χ4n) is 4.63. The van der Waals surface area contributed by atoms with Crippen molar-refractivity contribution in [3.05, 3.63) is 35.4 Å². The minimum Gasteiger partial charge on any atom is -0.330 e. The molecule has 0 aromatic heterocycles. The van der Waals surface area contributed by atoms with Gasteiger partial charge in [-0.2, -0.15) is 0 Å². The van der Waals surface area contributed by atoms with Gasteiger partial charge in [0, 0.05) is 12.0 Å². The monoisotopic (exact) mass is 299 g/mol. The van der Waals surface area contributed by atoms with Crippen molar-refractivity contribution in [2.75, 3.05) is 6.54 Å². The molecule has 1 heteroatoms. The van der Waals surface area contributed by atoms with Crippen molar-refractivity contribution < 1.29 is 0 Å². The van der Waals surface area contributed by atoms with Crippen molar-refractivity contribution >= 4 is 0 Å². The molecule has 2 N–H and O–H groups in total. The molecule has 1 nitrogen and oxygen atoms in total. The van der Waals surface area contributed by atoms with Gasteiger partial charge in [-0.05, 0) is 66.9 Å². The molecule has 0 radical (unpaired) electrons. The first-order chi connectivity index (χ1) is 10.4. The van der Waals surface area contributed by atoms with E-state index in [-0.39, 0.29) is 0 Å². The largest absolute Gasteiger partial charge is 0.330 e. The van der Waals surface area contributed by atoms with Gasteiger partial charge in [0.1, 0.15) is 0 Å². The first-order valence-electron chi connectivity index (χ1n) is 9.25. The Kier molecular flexibility index (Phi) is 4.38. The van der Waals surface area contributed by atoms with Crippen molar-refractivity contribution in [2.24, 2.45) is 17.1 Å². The molecular weight excluding hydrogens is 266 g/mol. The SMILES string of the molecule is CC(C)(C)C1CCC(c2cccc(C3(CN)CCC3)c2)CC1. The molecule has 0 unspecified atom stereocenters. The van der Waals surface area contributed by atoms with Crippen LogP contribution in [-0.4, -0.2) is 6.54 Å². The maximum Gasteiger partial charge on any atom is 0.00756 e. The summed E-state index contributed by atoms with van der Waals surface area (Å²) in [5.41, 5.74) is 9.96. The molecular formula is C21H33N. The first-order valence-corrected chi connectivity index (χ1v) is 9.25. The standard InChI is InChI=1S/C21H33N/c1-20(2,3)18-10-8-16(9-11-18)17-6-4-7-19(14-17)21(15-22)12-5-13-21/h4,6-7,14,16,18H,5,8-13,15,22H2,1-3H3. The fourth-order valence-corrected chi connectivity index (χ4v) is 4.63. The van der Waals surface area contributed by atoms with E-state index in [4.69, 9.17) is 5.73 Å². The van der Waals surface area contributed by atoms with Gasteiger partial charge in [0.05, 0.1) is 0 Å². The molecule has 0 heterocycles. The zero-order valence-corrected chi connectivity index (χ0v) is 14.7. The van der Waals surface area contributed by atoms with Crippen molar-refractivity contribution in [2.45, 2.75) is 77.0 Å². The smallest absolute Gasteiger partial charge is 0.00756 e. The van der Waals surface area contributed by atoms with E-state index < -0.39 is 0 Å². The van der Waals surface area contributed by atoms with Gasteiger partial charge >= 0.3 is 0 Å². The highest BCUT2D eigenvalue weighted by Crippen LogP contribution is 2.46. The van der Waals surface area contributed by atoms with E-state index in [1.54, 1.807) is 5.56 Å². The normalized spacial score (nSPS) is 28.2. The van der Waals surface area contributed by atoms with Crippen LogP contribution in [0.4, 0.5) is 0 Å². The Morgan fingerprint density at radius 2 is 1.77 bits per heavy atom. The van der Waals surface area contributed by atoms with Crippen LogP contribution in [0, 0.1) is 11.3 Å². The van der Waals surface area contributed by atoms with Crippen LogP contribution >= 0.6 is 0 Å². The van der Waals surface area contributed by atoms with Crippen LogP contribution in [0.3, 0.4) is 0 Å². The molecule has 0 bridgehead atoms. The van der Waals surface area contributed by atoms with E-state index in [0.717, 1.165) is 18.4 Å². The number of nitrogens with two attached hydrogens (primary N) is 1. The highest BCUT2D eigenvalue weighted by Gasteiger charge is 2.37. The van der Waals surface area contributed by atoms with Gasteiger partial charge in [-0.15, -0.1) is 0 Å². The van der Waals surface area contributed by atoms with Gasteiger partial charge in [-0.25, -0.2) is 0 Å². The number of benzene rings is 1. The fraction of sp³-hybridized carbons (Fsp3) is 0.714. The Bertz CT molecular complexity index is 493. The maximum atomic E-state index is 6.10. The van der Waals surface area contributed by atoms with Crippen LogP contribution in [0.15, 0.2) is 24.3 Å². The third kappa shape index (κ3) is 2.97. The molecule has 122 valence electrons. The topological polar surface area (TPSA) is 26.0 Å². The third-order valence-corrected chi connectivity index (χ3v) is 6.62. The van der Waals surface area contributed by atoms with E-state index in [0.29, 0.717) is 10.8 Å². The molecule has 2 aliphatic rings. The maximum absolute atomic E-state index is 6.10. The number of hydrogen-bond acceptors (Lipinski definition) is 1. The van der Waals surface area contributed by atoms with Crippen LogP contribution in [0.25, 0.3) is 0 Å².